The summed E-state index contributed by atoms with van der Waals surface area (Å²) < 4.78 is 1.01. The molecule has 1 N–H and O–H groups in total. The number of pyridine rings is 2. The van der Waals surface area contributed by atoms with Crippen LogP contribution in [0.5, 0.6) is 0 Å². The predicted molar refractivity (Wildman–Crippen MR) is 149 cm³/mol. The highest BCUT2D eigenvalue weighted by molar-refractivity contribution is 9.10. The standard InChI is InChI=1S/C27H29BrN4O.C3H8/c1-18-5-8-23-20(14-18)6-7-21-15-22(28)17-30-25(21)26(23)32-13-3-2-4-24(32)27(33)31-16-19-9-11-29-12-10-19;1-3-2/h5,8-12,14-15,17,24,26H,2-4,6-7,13,16H2,1H3,(H,31,33);3H2,1-2H3. The molecule has 1 saturated heterocycles. The highest BCUT2D eigenvalue weighted by Gasteiger charge is 2.38. The summed E-state index contributed by atoms with van der Waals surface area (Å²) in [6, 6.07) is 12.7. The lowest BCUT2D eigenvalue weighted by atomic mass is 9.91. The summed E-state index contributed by atoms with van der Waals surface area (Å²) in [5, 5.41) is 3.18. The number of aryl methyl sites for hydroxylation is 3. The fourth-order valence-electron chi connectivity index (χ4n) is 5.26. The van der Waals surface area contributed by atoms with Crippen molar-refractivity contribution in [3.05, 3.63) is 93.0 Å². The number of rotatable bonds is 4. The van der Waals surface area contributed by atoms with Crippen molar-refractivity contribution in [1.29, 1.82) is 0 Å². The van der Waals surface area contributed by atoms with Gasteiger partial charge in [-0.25, -0.2) is 0 Å². The summed E-state index contributed by atoms with van der Waals surface area (Å²) in [6.07, 6.45) is 11.7. The van der Waals surface area contributed by atoms with Crippen molar-refractivity contribution in [2.75, 3.05) is 6.54 Å². The fourth-order valence-corrected chi connectivity index (χ4v) is 5.64. The maximum atomic E-state index is 13.4. The van der Waals surface area contributed by atoms with Gasteiger partial charge in [0, 0.05) is 29.6 Å². The van der Waals surface area contributed by atoms with Crippen molar-refractivity contribution >= 4 is 21.8 Å². The Morgan fingerprint density at radius 1 is 1.08 bits per heavy atom. The minimum Gasteiger partial charge on any atom is -0.351 e. The second kappa shape index (κ2) is 12.6. The van der Waals surface area contributed by atoms with Crippen molar-refractivity contribution < 1.29 is 4.79 Å². The molecule has 2 aromatic heterocycles. The lowest BCUT2D eigenvalue weighted by Crippen LogP contribution is -2.51. The van der Waals surface area contributed by atoms with Gasteiger partial charge in [-0.3, -0.25) is 19.7 Å². The number of carbonyl (C=O) groups excluding carboxylic acids is 1. The molecular formula is C30H37BrN4O. The van der Waals surface area contributed by atoms with E-state index in [1.54, 1.807) is 12.4 Å². The Labute approximate surface area is 223 Å². The number of halogens is 1. The van der Waals surface area contributed by atoms with Gasteiger partial charge in [-0.1, -0.05) is 50.5 Å². The molecule has 0 radical (unpaired) electrons. The Hall–Kier alpha value is -2.57. The number of benzene rings is 1. The molecule has 190 valence electrons. The SMILES string of the molecule is CCC.Cc1ccc2c(c1)CCc1cc(Br)cnc1C2N1CCCCC1C(=O)NCc1ccncc1. The summed E-state index contributed by atoms with van der Waals surface area (Å²) in [5.74, 6) is 0.100. The van der Waals surface area contributed by atoms with Gasteiger partial charge in [-0.2, -0.15) is 0 Å². The minimum atomic E-state index is -0.170. The van der Waals surface area contributed by atoms with E-state index >= 15 is 0 Å². The average Bonchev–Trinajstić information content (AvgIpc) is 3.04. The number of carbonyl (C=O) groups is 1. The molecule has 1 aromatic carbocycles. The van der Waals surface area contributed by atoms with Crippen LogP contribution in [0.1, 0.15) is 79.1 Å². The molecule has 1 fully saturated rings. The smallest absolute Gasteiger partial charge is 0.237 e. The first-order valence-electron chi connectivity index (χ1n) is 13.2. The number of hydrogen-bond donors (Lipinski definition) is 1. The molecule has 1 aliphatic carbocycles. The Balaban J connectivity index is 0.000000967. The summed E-state index contributed by atoms with van der Waals surface area (Å²) in [5.41, 5.74) is 7.36. The quantitative estimate of drug-likeness (QED) is 0.414. The van der Waals surface area contributed by atoms with E-state index in [0.717, 1.165) is 54.4 Å². The van der Waals surface area contributed by atoms with Gasteiger partial charge in [0.1, 0.15) is 0 Å². The average molecular weight is 550 g/mol. The number of fused-ring (bicyclic) bond motifs is 2. The van der Waals surface area contributed by atoms with Gasteiger partial charge >= 0.3 is 0 Å². The lowest BCUT2D eigenvalue weighted by molar-refractivity contribution is -0.128. The van der Waals surface area contributed by atoms with Crippen molar-refractivity contribution in [2.24, 2.45) is 0 Å². The Kier molecular flexibility index (Phi) is 9.27. The number of likely N-dealkylation sites (tertiary alicyclic amines) is 1. The number of aromatic nitrogens is 2. The molecule has 2 atom stereocenters. The third-order valence-electron chi connectivity index (χ3n) is 6.88. The fraction of sp³-hybridized carbons (Fsp3) is 0.433. The molecule has 5 rings (SSSR count). The van der Waals surface area contributed by atoms with Crippen LogP contribution >= 0.6 is 15.9 Å². The molecule has 6 heteroatoms. The first-order valence-corrected chi connectivity index (χ1v) is 14.0. The van der Waals surface area contributed by atoms with E-state index in [1.165, 1.54) is 28.7 Å². The minimum absolute atomic E-state index is 0.0109. The summed E-state index contributed by atoms with van der Waals surface area (Å²) in [6.45, 7) is 7.81. The zero-order chi connectivity index (χ0) is 25.5. The molecule has 2 aliphatic rings. The normalized spacial score (nSPS) is 19.2. The van der Waals surface area contributed by atoms with Gasteiger partial charge < -0.3 is 5.32 Å². The van der Waals surface area contributed by atoms with Gasteiger partial charge in [0.25, 0.3) is 0 Å². The van der Waals surface area contributed by atoms with Gasteiger partial charge in [-0.05, 0) is 95.5 Å². The van der Waals surface area contributed by atoms with Gasteiger partial charge in [0.15, 0.2) is 0 Å². The van der Waals surface area contributed by atoms with Crippen LogP contribution in [-0.4, -0.2) is 33.4 Å². The summed E-state index contributed by atoms with van der Waals surface area (Å²) in [7, 11) is 0. The van der Waals surface area contributed by atoms with Crippen LogP contribution < -0.4 is 5.32 Å². The predicted octanol–water partition coefficient (Wildman–Crippen LogP) is 6.32. The van der Waals surface area contributed by atoms with E-state index in [2.05, 4.69) is 76.2 Å². The highest BCUT2D eigenvalue weighted by atomic mass is 79.9. The topological polar surface area (TPSA) is 58.1 Å². The molecule has 3 aromatic rings. The van der Waals surface area contributed by atoms with E-state index in [1.807, 2.05) is 18.3 Å². The third-order valence-corrected chi connectivity index (χ3v) is 7.31. The van der Waals surface area contributed by atoms with E-state index in [-0.39, 0.29) is 18.0 Å². The first-order chi connectivity index (χ1) is 17.5. The number of hydrogen-bond acceptors (Lipinski definition) is 4. The highest BCUT2D eigenvalue weighted by Crippen LogP contribution is 2.39. The molecule has 5 nitrogen and oxygen atoms in total. The van der Waals surface area contributed by atoms with Crippen molar-refractivity contribution in [2.45, 2.75) is 77.9 Å². The number of amides is 1. The van der Waals surface area contributed by atoms with Crippen LogP contribution in [0, 0.1) is 6.92 Å². The van der Waals surface area contributed by atoms with Crippen molar-refractivity contribution in [3.63, 3.8) is 0 Å². The Bertz CT molecular complexity index is 1110. The molecule has 0 saturated carbocycles. The van der Waals surface area contributed by atoms with Gasteiger partial charge in [0.2, 0.25) is 5.91 Å². The van der Waals surface area contributed by atoms with Crippen LogP contribution in [-0.2, 0) is 24.2 Å². The van der Waals surface area contributed by atoms with Crippen LogP contribution in [0.15, 0.2) is 59.5 Å². The molecule has 0 bridgehead atoms. The van der Waals surface area contributed by atoms with Crippen LogP contribution in [0.25, 0.3) is 0 Å². The Morgan fingerprint density at radius 3 is 2.61 bits per heavy atom. The van der Waals surface area contributed by atoms with E-state index in [9.17, 15) is 4.79 Å². The molecule has 1 aliphatic heterocycles. The van der Waals surface area contributed by atoms with Gasteiger partial charge in [0.05, 0.1) is 17.8 Å². The first kappa shape index (κ1) is 26.5. The molecule has 2 unspecified atom stereocenters. The van der Waals surface area contributed by atoms with E-state index < -0.39 is 0 Å². The molecule has 36 heavy (non-hydrogen) atoms. The maximum absolute atomic E-state index is 13.4. The van der Waals surface area contributed by atoms with Crippen molar-refractivity contribution in [3.8, 4) is 0 Å². The van der Waals surface area contributed by atoms with E-state index in [0.29, 0.717) is 6.54 Å². The van der Waals surface area contributed by atoms with Crippen LogP contribution in [0.2, 0.25) is 0 Å². The second-order valence-electron chi connectivity index (χ2n) is 9.83. The molecular weight excluding hydrogens is 512 g/mol. The second-order valence-corrected chi connectivity index (χ2v) is 10.7. The summed E-state index contributed by atoms with van der Waals surface area (Å²) in [4.78, 5) is 24.8. The molecule has 3 heterocycles. The third kappa shape index (κ3) is 6.22. The number of nitrogens with zero attached hydrogens (tertiary/aromatic N) is 3. The van der Waals surface area contributed by atoms with Crippen LogP contribution in [0.3, 0.4) is 0 Å². The lowest BCUT2D eigenvalue weighted by Gasteiger charge is -2.41. The zero-order valence-corrected chi connectivity index (χ0v) is 23.2. The van der Waals surface area contributed by atoms with Crippen molar-refractivity contribution in [1.82, 2.24) is 20.2 Å². The number of piperidine rings is 1. The molecule has 1 amide bonds. The van der Waals surface area contributed by atoms with E-state index in [4.69, 9.17) is 4.98 Å². The monoisotopic (exact) mass is 548 g/mol. The Morgan fingerprint density at radius 2 is 1.83 bits per heavy atom. The van der Waals surface area contributed by atoms with Crippen LogP contribution in [0.4, 0.5) is 0 Å². The summed E-state index contributed by atoms with van der Waals surface area (Å²) >= 11 is 3.61. The molecule has 0 spiro atoms. The number of nitrogens with one attached hydrogen (secondary N) is 1. The zero-order valence-electron chi connectivity index (χ0n) is 21.6. The largest absolute Gasteiger partial charge is 0.351 e. The maximum Gasteiger partial charge on any atom is 0.237 e. The van der Waals surface area contributed by atoms with Gasteiger partial charge in [-0.15, -0.1) is 0 Å².